The Kier molecular flexibility index (Phi) is 3.34. The minimum absolute atomic E-state index is 0.214. The lowest BCUT2D eigenvalue weighted by Gasteiger charge is -2.46. The number of rotatable bonds is 0. The van der Waals surface area contributed by atoms with E-state index in [1.165, 1.54) is 12.8 Å². The number of halogens is 2. The molecule has 2 heteroatoms. The van der Waals surface area contributed by atoms with Crippen LogP contribution >= 0.6 is 23.2 Å². The predicted octanol–water partition coefficient (Wildman–Crippen LogP) is 4.29. The molecule has 0 saturated heterocycles. The fraction of sp³-hybridized carbons (Fsp3) is 1.00. The Morgan fingerprint density at radius 1 is 0.786 bits per heavy atom. The van der Waals surface area contributed by atoms with E-state index in [1.807, 2.05) is 0 Å². The summed E-state index contributed by atoms with van der Waals surface area (Å²) < 4.78 is 0. The third-order valence-electron chi connectivity index (χ3n) is 4.48. The first-order chi connectivity index (χ1) is 6.59. The molecule has 0 N–H and O–H groups in total. The van der Waals surface area contributed by atoms with Gasteiger partial charge in [0, 0.05) is 0 Å². The van der Waals surface area contributed by atoms with Crippen molar-refractivity contribution in [1.82, 2.24) is 0 Å². The van der Waals surface area contributed by atoms with Gasteiger partial charge < -0.3 is 0 Å². The standard InChI is InChI=1S/C12H20Cl2/c1-7-3-4-8(2)10-6-12(14)11(13)5-9(7)10/h7-12H,3-6H2,1-2H3. The first kappa shape index (κ1) is 11.1. The highest BCUT2D eigenvalue weighted by Crippen LogP contribution is 2.48. The van der Waals surface area contributed by atoms with Gasteiger partial charge in [0.1, 0.15) is 0 Å². The van der Waals surface area contributed by atoms with Crippen molar-refractivity contribution in [3.05, 3.63) is 0 Å². The molecular formula is C12H20Cl2. The molecule has 0 aliphatic heterocycles. The average Bonchev–Trinajstić information content (AvgIpc) is 2.15. The van der Waals surface area contributed by atoms with E-state index in [-0.39, 0.29) is 10.8 Å². The molecule has 2 aliphatic carbocycles. The van der Waals surface area contributed by atoms with Crippen LogP contribution in [-0.4, -0.2) is 10.8 Å². The SMILES string of the molecule is CC1CCC(C)C2CC(Cl)C(Cl)CC12. The van der Waals surface area contributed by atoms with Crippen molar-refractivity contribution in [2.75, 3.05) is 0 Å². The molecule has 0 aromatic heterocycles. The number of fused-ring (bicyclic) bond motifs is 1. The van der Waals surface area contributed by atoms with Crippen LogP contribution < -0.4 is 0 Å². The molecule has 6 unspecified atom stereocenters. The van der Waals surface area contributed by atoms with E-state index >= 15 is 0 Å². The van der Waals surface area contributed by atoms with Gasteiger partial charge in [-0.3, -0.25) is 0 Å². The molecule has 0 nitrogen and oxygen atoms in total. The molecule has 2 saturated carbocycles. The Balaban J connectivity index is 2.10. The van der Waals surface area contributed by atoms with E-state index in [0.29, 0.717) is 0 Å². The molecule has 0 bridgehead atoms. The highest BCUT2D eigenvalue weighted by Gasteiger charge is 2.42. The summed E-state index contributed by atoms with van der Waals surface area (Å²) in [7, 11) is 0. The van der Waals surface area contributed by atoms with Gasteiger partial charge >= 0.3 is 0 Å². The zero-order valence-corrected chi connectivity index (χ0v) is 10.6. The molecule has 2 fully saturated rings. The second-order valence-corrected chi connectivity index (χ2v) is 6.48. The minimum Gasteiger partial charge on any atom is -0.121 e. The van der Waals surface area contributed by atoms with E-state index in [0.717, 1.165) is 36.5 Å². The number of hydrogen-bond donors (Lipinski definition) is 0. The zero-order chi connectivity index (χ0) is 10.3. The van der Waals surface area contributed by atoms with Crippen LogP contribution in [0, 0.1) is 23.7 Å². The van der Waals surface area contributed by atoms with E-state index in [4.69, 9.17) is 23.2 Å². The maximum absolute atomic E-state index is 6.27. The molecule has 14 heavy (non-hydrogen) atoms. The summed E-state index contributed by atoms with van der Waals surface area (Å²) in [6.07, 6.45) is 5.07. The first-order valence-corrected chi connectivity index (χ1v) is 6.75. The van der Waals surface area contributed by atoms with Gasteiger partial charge in [0.25, 0.3) is 0 Å². The predicted molar refractivity (Wildman–Crippen MR) is 63.1 cm³/mol. The summed E-state index contributed by atoms with van der Waals surface area (Å²) in [5.74, 6) is 3.41. The van der Waals surface area contributed by atoms with Crippen molar-refractivity contribution in [1.29, 1.82) is 0 Å². The van der Waals surface area contributed by atoms with Crippen LogP contribution in [0.15, 0.2) is 0 Å². The molecule has 2 aliphatic rings. The molecule has 82 valence electrons. The fourth-order valence-electron chi connectivity index (χ4n) is 3.43. The monoisotopic (exact) mass is 234 g/mol. The molecule has 0 radical (unpaired) electrons. The molecule has 0 heterocycles. The molecule has 0 spiro atoms. The van der Waals surface area contributed by atoms with Crippen LogP contribution in [0.2, 0.25) is 0 Å². The Labute approximate surface area is 97.3 Å². The summed E-state index contributed by atoms with van der Waals surface area (Å²) in [6.45, 7) is 4.78. The van der Waals surface area contributed by atoms with Gasteiger partial charge in [0.05, 0.1) is 10.8 Å². The lowest BCUT2D eigenvalue weighted by atomic mass is 9.62. The maximum Gasteiger partial charge on any atom is 0.0502 e. The van der Waals surface area contributed by atoms with Crippen LogP contribution in [0.1, 0.15) is 39.5 Å². The smallest absolute Gasteiger partial charge is 0.0502 e. The molecule has 2 rings (SSSR count). The molecular weight excluding hydrogens is 215 g/mol. The Hall–Kier alpha value is 0.580. The second kappa shape index (κ2) is 4.22. The van der Waals surface area contributed by atoms with Gasteiger partial charge in [-0.2, -0.15) is 0 Å². The van der Waals surface area contributed by atoms with Gasteiger partial charge in [0.2, 0.25) is 0 Å². The lowest BCUT2D eigenvalue weighted by molar-refractivity contribution is 0.0705. The van der Waals surface area contributed by atoms with Crippen molar-refractivity contribution < 1.29 is 0 Å². The lowest BCUT2D eigenvalue weighted by Crippen LogP contribution is -2.42. The Morgan fingerprint density at radius 3 is 1.50 bits per heavy atom. The third-order valence-corrected chi connectivity index (χ3v) is 5.57. The van der Waals surface area contributed by atoms with Crippen LogP contribution in [0.5, 0.6) is 0 Å². The summed E-state index contributed by atoms with van der Waals surface area (Å²) >= 11 is 12.5. The van der Waals surface area contributed by atoms with Crippen LogP contribution in [0.3, 0.4) is 0 Å². The Bertz CT molecular complexity index is 182. The zero-order valence-electron chi connectivity index (χ0n) is 9.05. The topological polar surface area (TPSA) is 0 Å². The van der Waals surface area contributed by atoms with Crippen LogP contribution in [0.25, 0.3) is 0 Å². The van der Waals surface area contributed by atoms with Gasteiger partial charge in [-0.05, 0) is 36.5 Å². The van der Waals surface area contributed by atoms with Crippen molar-refractivity contribution >= 4 is 23.2 Å². The van der Waals surface area contributed by atoms with E-state index in [1.54, 1.807) is 0 Å². The summed E-state index contributed by atoms with van der Waals surface area (Å²) in [4.78, 5) is 0. The highest BCUT2D eigenvalue weighted by atomic mass is 35.5. The normalized spacial score (nSPS) is 54.0. The minimum atomic E-state index is 0.214. The van der Waals surface area contributed by atoms with E-state index in [2.05, 4.69) is 13.8 Å². The molecule has 0 amide bonds. The third kappa shape index (κ3) is 1.93. The van der Waals surface area contributed by atoms with Crippen LogP contribution in [-0.2, 0) is 0 Å². The number of hydrogen-bond acceptors (Lipinski definition) is 0. The van der Waals surface area contributed by atoms with E-state index < -0.39 is 0 Å². The molecule has 0 aromatic rings. The summed E-state index contributed by atoms with van der Waals surface area (Å²) in [5.41, 5.74) is 0. The fourth-order valence-corrected chi connectivity index (χ4v) is 4.04. The van der Waals surface area contributed by atoms with Gasteiger partial charge in [-0.15, -0.1) is 23.2 Å². The first-order valence-electron chi connectivity index (χ1n) is 5.87. The highest BCUT2D eigenvalue weighted by molar-refractivity contribution is 6.30. The average molecular weight is 235 g/mol. The summed E-state index contributed by atoms with van der Waals surface area (Å²) in [5, 5.41) is 0.427. The van der Waals surface area contributed by atoms with Gasteiger partial charge in [0.15, 0.2) is 0 Å². The second-order valence-electron chi connectivity index (χ2n) is 5.36. The number of alkyl halides is 2. The quantitative estimate of drug-likeness (QED) is 0.549. The van der Waals surface area contributed by atoms with Crippen molar-refractivity contribution in [2.24, 2.45) is 23.7 Å². The maximum atomic E-state index is 6.27. The van der Waals surface area contributed by atoms with Crippen molar-refractivity contribution in [3.63, 3.8) is 0 Å². The summed E-state index contributed by atoms with van der Waals surface area (Å²) in [6, 6.07) is 0. The van der Waals surface area contributed by atoms with Crippen molar-refractivity contribution in [2.45, 2.75) is 50.3 Å². The van der Waals surface area contributed by atoms with Gasteiger partial charge in [-0.1, -0.05) is 26.7 Å². The molecule has 0 aromatic carbocycles. The van der Waals surface area contributed by atoms with Crippen LogP contribution in [0.4, 0.5) is 0 Å². The van der Waals surface area contributed by atoms with E-state index in [9.17, 15) is 0 Å². The van der Waals surface area contributed by atoms with Crippen molar-refractivity contribution in [3.8, 4) is 0 Å². The largest absolute Gasteiger partial charge is 0.121 e. The Morgan fingerprint density at radius 2 is 1.14 bits per heavy atom. The van der Waals surface area contributed by atoms with Gasteiger partial charge in [-0.25, -0.2) is 0 Å². The molecule has 6 atom stereocenters.